The molecule has 1 aliphatic carbocycles. The Hall–Kier alpha value is -0.260. The Balaban J connectivity index is 0.00000256. The highest BCUT2D eigenvalue weighted by Gasteiger charge is 2.12. The molecule has 1 fully saturated rings. The Morgan fingerprint density at radius 3 is 2.59 bits per heavy atom. The molecule has 1 saturated carbocycles. The van der Waals surface area contributed by atoms with Crippen LogP contribution in [0.4, 0.5) is 0 Å². The summed E-state index contributed by atoms with van der Waals surface area (Å²) < 4.78 is 0. The molecule has 17 heavy (non-hydrogen) atoms. The van der Waals surface area contributed by atoms with Crippen LogP contribution in [0, 0.1) is 5.92 Å². The summed E-state index contributed by atoms with van der Waals surface area (Å²) >= 11 is 0. The molecule has 0 amide bonds. The van der Waals surface area contributed by atoms with E-state index >= 15 is 0 Å². The van der Waals surface area contributed by atoms with Gasteiger partial charge in [-0.05, 0) is 12.3 Å². The lowest BCUT2D eigenvalue weighted by atomic mass is 9.87. The van der Waals surface area contributed by atoms with E-state index in [2.05, 4.69) is 22.2 Å². The largest absolute Gasteiger partial charge is 0.356 e. The van der Waals surface area contributed by atoms with Crippen molar-refractivity contribution in [2.45, 2.75) is 38.5 Å². The average Bonchev–Trinajstić information content (AvgIpc) is 2.35. The van der Waals surface area contributed by atoms with E-state index in [0.717, 1.165) is 25.0 Å². The minimum atomic E-state index is 0. The smallest absolute Gasteiger partial charge is 0.191 e. The fourth-order valence-corrected chi connectivity index (χ4v) is 2.26. The monoisotopic (exact) mass is 351 g/mol. The van der Waals surface area contributed by atoms with E-state index in [1.165, 1.54) is 38.5 Å². The van der Waals surface area contributed by atoms with Gasteiger partial charge in [-0.15, -0.1) is 30.6 Å². The summed E-state index contributed by atoms with van der Waals surface area (Å²) in [5.41, 5.74) is 0. The third kappa shape index (κ3) is 7.63. The van der Waals surface area contributed by atoms with Crippen LogP contribution >= 0.6 is 24.0 Å². The van der Waals surface area contributed by atoms with Gasteiger partial charge < -0.3 is 10.6 Å². The molecule has 0 atom stereocenters. The number of rotatable bonds is 5. The van der Waals surface area contributed by atoms with E-state index in [1.807, 2.05) is 6.08 Å². The van der Waals surface area contributed by atoms with Crippen molar-refractivity contribution >= 4 is 29.9 Å². The van der Waals surface area contributed by atoms with Crippen LogP contribution in [0.3, 0.4) is 0 Å². The number of hydrogen-bond donors (Lipinski definition) is 2. The molecule has 3 nitrogen and oxygen atoms in total. The maximum atomic E-state index is 4.15. The highest BCUT2D eigenvalue weighted by molar-refractivity contribution is 14.0. The number of nitrogens with one attached hydrogen (secondary N) is 2. The molecule has 0 aromatic heterocycles. The minimum absolute atomic E-state index is 0. The van der Waals surface area contributed by atoms with E-state index in [9.17, 15) is 0 Å². The second-order valence-electron chi connectivity index (χ2n) is 4.46. The van der Waals surface area contributed by atoms with Gasteiger partial charge in [-0.2, -0.15) is 0 Å². The van der Waals surface area contributed by atoms with Crippen molar-refractivity contribution in [1.82, 2.24) is 10.6 Å². The summed E-state index contributed by atoms with van der Waals surface area (Å²) in [5, 5.41) is 6.52. The number of halogens is 1. The second kappa shape index (κ2) is 10.9. The fraction of sp³-hybridized carbons (Fsp3) is 0.769. The Morgan fingerprint density at radius 2 is 2.00 bits per heavy atom. The van der Waals surface area contributed by atoms with Crippen LogP contribution in [-0.2, 0) is 0 Å². The van der Waals surface area contributed by atoms with Gasteiger partial charge in [0.2, 0.25) is 0 Å². The van der Waals surface area contributed by atoms with Crippen molar-refractivity contribution in [2.24, 2.45) is 10.9 Å². The highest BCUT2D eigenvalue weighted by Crippen LogP contribution is 2.25. The molecule has 0 aromatic carbocycles. The minimum Gasteiger partial charge on any atom is -0.356 e. The van der Waals surface area contributed by atoms with Crippen molar-refractivity contribution in [3.8, 4) is 0 Å². The molecule has 0 bridgehead atoms. The first-order valence-corrected chi connectivity index (χ1v) is 6.42. The van der Waals surface area contributed by atoms with Gasteiger partial charge in [-0.3, -0.25) is 4.99 Å². The van der Waals surface area contributed by atoms with Gasteiger partial charge in [0.15, 0.2) is 5.96 Å². The van der Waals surface area contributed by atoms with Gasteiger partial charge in [0.1, 0.15) is 0 Å². The van der Waals surface area contributed by atoms with Gasteiger partial charge in [0.05, 0.1) is 0 Å². The third-order valence-electron chi connectivity index (χ3n) is 3.21. The molecular weight excluding hydrogens is 325 g/mol. The van der Waals surface area contributed by atoms with Crippen LogP contribution in [-0.4, -0.2) is 26.1 Å². The molecule has 1 rings (SSSR count). The Morgan fingerprint density at radius 1 is 1.29 bits per heavy atom. The van der Waals surface area contributed by atoms with Crippen molar-refractivity contribution in [3.63, 3.8) is 0 Å². The molecule has 0 aliphatic heterocycles. The predicted molar refractivity (Wildman–Crippen MR) is 86.2 cm³/mol. The first kappa shape index (κ1) is 16.7. The predicted octanol–water partition coefficient (Wildman–Crippen LogP) is 2.93. The summed E-state index contributed by atoms with van der Waals surface area (Å²) in [6.07, 6.45) is 10.2. The van der Waals surface area contributed by atoms with Crippen molar-refractivity contribution < 1.29 is 0 Å². The molecule has 0 radical (unpaired) electrons. The topological polar surface area (TPSA) is 36.4 Å². The maximum absolute atomic E-state index is 4.15. The van der Waals surface area contributed by atoms with Crippen LogP contribution < -0.4 is 10.6 Å². The maximum Gasteiger partial charge on any atom is 0.191 e. The lowest BCUT2D eigenvalue weighted by Crippen LogP contribution is -2.38. The molecule has 100 valence electrons. The van der Waals surface area contributed by atoms with E-state index in [4.69, 9.17) is 0 Å². The molecule has 0 unspecified atom stereocenters. The highest BCUT2D eigenvalue weighted by atomic mass is 127. The molecule has 2 N–H and O–H groups in total. The zero-order chi connectivity index (χ0) is 11.6. The lowest BCUT2D eigenvalue weighted by Gasteiger charge is -2.21. The summed E-state index contributed by atoms with van der Waals surface area (Å²) in [5.74, 6) is 1.81. The average molecular weight is 351 g/mol. The van der Waals surface area contributed by atoms with Crippen LogP contribution in [0.1, 0.15) is 38.5 Å². The normalized spacial score (nSPS) is 17.1. The molecular formula is C13H26IN3. The van der Waals surface area contributed by atoms with Crippen LogP contribution in [0.25, 0.3) is 0 Å². The van der Waals surface area contributed by atoms with Crippen molar-refractivity contribution in [1.29, 1.82) is 0 Å². The molecule has 0 saturated heterocycles. The number of guanidine groups is 1. The number of nitrogens with zero attached hydrogens (tertiary/aromatic N) is 1. The van der Waals surface area contributed by atoms with E-state index in [0.29, 0.717) is 0 Å². The molecule has 0 aromatic rings. The van der Waals surface area contributed by atoms with Crippen LogP contribution in [0.5, 0.6) is 0 Å². The summed E-state index contributed by atoms with van der Waals surface area (Å²) in [6.45, 7) is 5.47. The molecule has 0 spiro atoms. The summed E-state index contributed by atoms with van der Waals surface area (Å²) in [7, 11) is 1.80. The van der Waals surface area contributed by atoms with Gasteiger partial charge in [-0.1, -0.05) is 38.2 Å². The fourth-order valence-electron chi connectivity index (χ4n) is 2.26. The van der Waals surface area contributed by atoms with Crippen molar-refractivity contribution in [3.05, 3.63) is 12.7 Å². The SMILES string of the molecule is C=CCNC(=NC)NCCC1CCCCC1.I. The van der Waals surface area contributed by atoms with Crippen LogP contribution in [0.2, 0.25) is 0 Å². The van der Waals surface area contributed by atoms with Crippen LogP contribution in [0.15, 0.2) is 17.6 Å². The molecule has 4 heteroatoms. The second-order valence-corrected chi connectivity index (χ2v) is 4.46. The molecule has 1 aliphatic rings. The van der Waals surface area contributed by atoms with Crippen molar-refractivity contribution in [2.75, 3.05) is 20.1 Å². The first-order chi connectivity index (χ1) is 7.86. The summed E-state index contributed by atoms with van der Waals surface area (Å²) in [4.78, 5) is 4.15. The van der Waals surface area contributed by atoms with E-state index in [1.54, 1.807) is 7.05 Å². The third-order valence-corrected chi connectivity index (χ3v) is 3.21. The van der Waals surface area contributed by atoms with Gasteiger partial charge in [0, 0.05) is 20.1 Å². The number of aliphatic imine (C=N–C) groups is 1. The first-order valence-electron chi connectivity index (χ1n) is 6.42. The Kier molecular flexibility index (Phi) is 10.7. The van der Waals surface area contributed by atoms with Gasteiger partial charge in [0.25, 0.3) is 0 Å². The van der Waals surface area contributed by atoms with Gasteiger partial charge >= 0.3 is 0 Å². The Labute approximate surface area is 123 Å². The van der Waals surface area contributed by atoms with E-state index in [-0.39, 0.29) is 24.0 Å². The summed E-state index contributed by atoms with van der Waals surface area (Å²) in [6, 6.07) is 0. The zero-order valence-electron chi connectivity index (χ0n) is 10.9. The Bertz CT molecular complexity index is 223. The number of hydrogen-bond acceptors (Lipinski definition) is 1. The quantitative estimate of drug-likeness (QED) is 0.346. The lowest BCUT2D eigenvalue weighted by molar-refractivity contribution is 0.339. The zero-order valence-corrected chi connectivity index (χ0v) is 13.2. The van der Waals surface area contributed by atoms with E-state index < -0.39 is 0 Å². The van der Waals surface area contributed by atoms with Gasteiger partial charge in [-0.25, -0.2) is 0 Å². The standard InChI is InChI=1S/C13H25N3.HI/c1-3-10-15-13(14-2)16-11-9-12-7-5-4-6-8-12;/h3,12H,1,4-11H2,2H3,(H2,14,15,16);1H. The molecule has 0 heterocycles.